The van der Waals surface area contributed by atoms with Crippen molar-refractivity contribution >= 4 is 5.97 Å². The normalized spacial score (nSPS) is 17.2. The average molecular weight is 312 g/mol. The second kappa shape index (κ2) is 9.74. The molecular weight excluding hydrogens is 288 g/mol. The van der Waals surface area contributed by atoms with E-state index in [9.17, 15) is 4.79 Å². The molecule has 1 fully saturated rings. The fraction of sp³-hybridized carbons (Fsp3) is 0.368. The van der Waals surface area contributed by atoms with Crippen molar-refractivity contribution in [1.82, 2.24) is 9.88 Å². The van der Waals surface area contributed by atoms with Crippen molar-refractivity contribution in [2.75, 3.05) is 19.7 Å². The number of benzene rings is 1. The molecule has 122 valence electrons. The highest BCUT2D eigenvalue weighted by Crippen LogP contribution is 2.19. The van der Waals surface area contributed by atoms with Crippen molar-refractivity contribution in [2.45, 2.75) is 19.9 Å². The predicted molar refractivity (Wildman–Crippen MR) is 90.7 cm³/mol. The maximum atomic E-state index is 11.6. The number of hydrogen-bond acceptors (Lipinski definition) is 4. The SMILES string of the molecule is CCOC(=O)[C@H]1CCN(Cc2ccccc2)C1.c1ccncc1. The summed E-state index contributed by atoms with van der Waals surface area (Å²) < 4.78 is 5.06. The molecule has 0 N–H and O–H groups in total. The van der Waals surface area contributed by atoms with Crippen LogP contribution >= 0.6 is 0 Å². The molecule has 1 aliphatic rings. The van der Waals surface area contributed by atoms with Gasteiger partial charge in [-0.1, -0.05) is 36.4 Å². The van der Waals surface area contributed by atoms with Crippen molar-refractivity contribution in [1.29, 1.82) is 0 Å². The molecule has 0 unspecified atom stereocenters. The first-order chi connectivity index (χ1) is 11.3. The van der Waals surface area contributed by atoms with Gasteiger partial charge in [0.2, 0.25) is 0 Å². The molecule has 0 bridgehead atoms. The Morgan fingerprint density at radius 2 is 1.87 bits per heavy atom. The second-order valence-electron chi connectivity index (χ2n) is 5.48. The summed E-state index contributed by atoms with van der Waals surface area (Å²) in [7, 11) is 0. The van der Waals surface area contributed by atoms with E-state index < -0.39 is 0 Å². The fourth-order valence-electron chi connectivity index (χ4n) is 2.58. The lowest BCUT2D eigenvalue weighted by Gasteiger charge is -2.15. The monoisotopic (exact) mass is 312 g/mol. The van der Waals surface area contributed by atoms with Gasteiger partial charge in [0.15, 0.2) is 0 Å². The zero-order valence-corrected chi connectivity index (χ0v) is 13.6. The van der Waals surface area contributed by atoms with Gasteiger partial charge < -0.3 is 4.74 Å². The number of pyridine rings is 1. The Balaban J connectivity index is 0.000000268. The first-order valence-electron chi connectivity index (χ1n) is 8.07. The van der Waals surface area contributed by atoms with E-state index in [1.54, 1.807) is 12.4 Å². The minimum absolute atomic E-state index is 0.0388. The van der Waals surface area contributed by atoms with Crippen LogP contribution in [0.2, 0.25) is 0 Å². The minimum atomic E-state index is -0.0388. The van der Waals surface area contributed by atoms with Gasteiger partial charge in [0.05, 0.1) is 12.5 Å². The third kappa shape index (κ3) is 6.20. The molecule has 4 nitrogen and oxygen atoms in total. The maximum absolute atomic E-state index is 11.6. The smallest absolute Gasteiger partial charge is 0.310 e. The summed E-state index contributed by atoms with van der Waals surface area (Å²) in [6.07, 6.45) is 4.42. The van der Waals surface area contributed by atoms with Crippen LogP contribution < -0.4 is 0 Å². The molecule has 2 aromatic rings. The molecule has 2 heterocycles. The van der Waals surface area contributed by atoms with Crippen LogP contribution in [0.4, 0.5) is 0 Å². The Morgan fingerprint density at radius 3 is 2.43 bits per heavy atom. The molecule has 0 amide bonds. The summed E-state index contributed by atoms with van der Waals surface area (Å²) in [6.45, 7) is 5.07. The zero-order valence-electron chi connectivity index (χ0n) is 13.6. The predicted octanol–water partition coefficient (Wildman–Crippen LogP) is 3.15. The molecule has 1 aromatic carbocycles. The molecule has 1 aromatic heterocycles. The summed E-state index contributed by atoms with van der Waals surface area (Å²) in [4.78, 5) is 17.7. The van der Waals surface area contributed by atoms with E-state index in [1.165, 1.54) is 5.56 Å². The lowest BCUT2D eigenvalue weighted by Crippen LogP contribution is -2.24. The number of ether oxygens (including phenoxy) is 1. The lowest BCUT2D eigenvalue weighted by molar-refractivity contribution is -0.147. The minimum Gasteiger partial charge on any atom is -0.466 e. The molecule has 0 saturated carbocycles. The van der Waals surface area contributed by atoms with Crippen molar-refractivity contribution < 1.29 is 9.53 Å². The number of carbonyl (C=O) groups is 1. The van der Waals surface area contributed by atoms with Crippen LogP contribution in [-0.2, 0) is 16.1 Å². The topological polar surface area (TPSA) is 42.4 Å². The van der Waals surface area contributed by atoms with Crippen LogP contribution in [0.25, 0.3) is 0 Å². The molecule has 1 atom stereocenters. The molecule has 0 radical (unpaired) electrons. The number of likely N-dealkylation sites (tertiary alicyclic amines) is 1. The Labute approximate surface area is 138 Å². The molecule has 0 spiro atoms. The van der Waals surface area contributed by atoms with Crippen LogP contribution in [0, 0.1) is 5.92 Å². The molecular formula is C19H24N2O2. The summed E-state index contributed by atoms with van der Waals surface area (Å²) in [5.41, 5.74) is 1.30. The van der Waals surface area contributed by atoms with Crippen molar-refractivity contribution in [3.8, 4) is 0 Å². The van der Waals surface area contributed by atoms with Crippen molar-refractivity contribution in [3.05, 3.63) is 66.5 Å². The fourth-order valence-corrected chi connectivity index (χ4v) is 2.58. The molecule has 3 rings (SSSR count). The highest BCUT2D eigenvalue weighted by molar-refractivity contribution is 5.73. The summed E-state index contributed by atoms with van der Waals surface area (Å²) in [6, 6.07) is 16.1. The van der Waals surface area contributed by atoms with Crippen LogP contribution in [-0.4, -0.2) is 35.5 Å². The quantitative estimate of drug-likeness (QED) is 0.813. The Hall–Kier alpha value is -2.20. The van der Waals surface area contributed by atoms with Crippen LogP contribution in [0.15, 0.2) is 60.9 Å². The van der Waals surface area contributed by atoms with Gasteiger partial charge in [-0.3, -0.25) is 14.7 Å². The number of nitrogens with zero attached hydrogens (tertiary/aromatic N) is 2. The van der Waals surface area contributed by atoms with Crippen LogP contribution in [0.5, 0.6) is 0 Å². The number of rotatable bonds is 4. The van der Waals surface area contributed by atoms with Gasteiger partial charge >= 0.3 is 5.97 Å². The van der Waals surface area contributed by atoms with E-state index in [1.807, 2.05) is 43.3 Å². The van der Waals surface area contributed by atoms with E-state index in [2.05, 4.69) is 22.0 Å². The van der Waals surface area contributed by atoms with Gasteiger partial charge in [0.25, 0.3) is 0 Å². The van der Waals surface area contributed by atoms with Gasteiger partial charge in [-0.15, -0.1) is 0 Å². The third-order valence-electron chi connectivity index (χ3n) is 3.71. The van der Waals surface area contributed by atoms with E-state index in [4.69, 9.17) is 4.74 Å². The van der Waals surface area contributed by atoms with Crippen LogP contribution in [0.1, 0.15) is 18.9 Å². The number of hydrogen-bond donors (Lipinski definition) is 0. The summed E-state index contributed by atoms with van der Waals surface area (Å²) >= 11 is 0. The Bertz CT molecular complexity index is 533. The summed E-state index contributed by atoms with van der Waals surface area (Å²) in [5, 5.41) is 0. The number of esters is 1. The Kier molecular flexibility index (Phi) is 7.27. The second-order valence-corrected chi connectivity index (χ2v) is 5.48. The van der Waals surface area contributed by atoms with Crippen molar-refractivity contribution in [2.24, 2.45) is 5.92 Å². The molecule has 1 saturated heterocycles. The highest BCUT2D eigenvalue weighted by Gasteiger charge is 2.28. The number of aromatic nitrogens is 1. The van der Waals surface area contributed by atoms with Crippen molar-refractivity contribution in [3.63, 3.8) is 0 Å². The first kappa shape index (κ1) is 17.2. The molecule has 23 heavy (non-hydrogen) atoms. The molecule has 0 aliphatic carbocycles. The number of carbonyl (C=O) groups excluding carboxylic acids is 1. The van der Waals surface area contributed by atoms with E-state index in [-0.39, 0.29) is 11.9 Å². The largest absolute Gasteiger partial charge is 0.466 e. The first-order valence-corrected chi connectivity index (χ1v) is 8.07. The van der Waals surface area contributed by atoms with Crippen LogP contribution in [0.3, 0.4) is 0 Å². The van der Waals surface area contributed by atoms with Gasteiger partial charge in [-0.25, -0.2) is 0 Å². The molecule has 4 heteroatoms. The van der Waals surface area contributed by atoms with E-state index in [0.29, 0.717) is 6.61 Å². The van der Waals surface area contributed by atoms with Gasteiger partial charge in [0, 0.05) is 25.5 Å². The zero-order chi connectivity index (χ0) is 16.3. The van der Waals surface area contributed by atoms with Gasteiger partial charge in [-0.05, 0) is 37.6 Å². The van der Waals surface area contributed by atoms with Gasteiger partial charge in [0.1, 0.15) is 0 Å². The molecule has 1 aliphatic heterocycles. The summed E-state index contributed by atoms with van der Waals surface area (Å²) in [5.74, 6) is 0.0294. The van der Waals surface area contributed by atoms with E-state index in [0.717, 1.165) is 26.1 Å². The van der Waals surface area contributed by atoms with Gasteiger partial charge in [-0.2, -0.15) is 0 Å². The highest BCUT2D eigenvalue weighted by atomic mass is 16.5. The third-order valence-corrected chi connectivity index (χ3v) is 3.71. The maximum Gasteiger partial charge on any atom is 0.310 e. The van der Waals surface area contributed by atoms with E-state index >= 15 is 0 Å². The Morgan fingerprint density at radius 1 is 1.17 bits per heavy atom. The lowest BCUT2D eigenvalue weighted by atomic mass is 10.1. The standard InChI is InChI=1S/C14H19NO2.C5H5N/c1-2-17-14(16)13-8-9-15(11-13)10-12-6-4-3-5-7-12;1-2-4-6-5-3-1/h3-7,13H,2,8-11H2,1H3;1-5H/t13-;/m0./s1. The average Bonchev–Trinajstić information content (AvgIpc) is 3.07.